The molecule has 96 valence electrons. The second-order valence-corrected chi connectivity index (χ2v) is 5.30. The summed E-state index contributed by atoms with van der Waals surface area (Å²) in [6.45, 7) is 0.407. The van der Waals surface area contributed by atoms with Crippen LogP contribution in [-0.4, -0.2) is 53.8 Å². The summed E-state index contributed by atoms with van der Waals surface area (Å²) in [4.78, 5) is 1.78. The highest BCUT2D eigenvalue weighted by Gasteiger charge is 2.08. The molecule has 0 saturated heterocycles. The monoisotopic (exact) mass is 262 g/mol. The third-order valence-corrected chi connectivity index (χ3v) is 2.58. The molecule has 8 nitrogen and oxygen atoms in total. The van der Waals surface area contributed by atoms with Crippen LogP contribution in [0.3, 0.4) is 0 Å². The average molecular weight is 262 g/mol. The Hall–Kier alpha value is -1.48. The number of aromatic nitrogens is 3. The number of hydrogen-bond donors (Lipinski definition) is 1. The second kappa shape index (κ2) is 5.73. The molecular formula is C8H16N5O3S+. The van der Waals surface area contributed by atoms with E-state index in [-0.39, 0.29) is 5.75 Å². The van der Waals surface area contributed by atoms with Crippen LogP contribution in [0.2, 0.25) is 0 Å². The largest absolute Gasteiger partial charge is 0.366 e. The summed E-state index contributed by atoms with van der Waals surface area (Å²) in [5.41, 5.74) is 0. The van der Waals surface area contributed by atoms with Crippen molar-refractivity contribution in [2.75, 3.05) is 19.8 Å². The average Bonchev–Trinajstić information content (AvgIpc) is 2.61. The quantitative estimate of drug-likeness (QED) is 0.301. The topological polar surface area (TPSA) is 91.7 Å². The van der Waals surface area contributed by atoms with Crippen molar-refractivity contribution in [3.63, 3.8) is 0 Å². The van der Waals surface area contributed by atoms with E-state index in [0.717, 1.165) is 0 Å². The molecule has 1 heterocycles. The van der Waals surface area contributed by atoms with Gasteiger partial charge in [-0.05, 0) is 5.10 Å². The Balaban J connectivity index is 2.46. The smallest absolute Gasteiger partial charge is 0.291 e. The van der Waals surface area contributed by atoms with E-state index in [4.69, 9.17) is 4.55 Å². The first-order chi connectivity index (χ1) is 7.87. The Morgan fingerprint density at radius 3 is 2.88 bits per heavy atom. The lowest BCUT2D eigenvalue weighted by atomic mass is 10.5. The molecule has 0 atom stereocenters. The predicted octanol–water partition coefficient (Wildman–Crippen LogP) is -1.20. The molecule has 0 aliphatic heterocycles. The fourth-order valence-corrected chi connectivity index (χ4v) is 1.56. The molecule has 1 aromatic heterocycles. The highest BCUT2D eigenvalue weighted by atomic mass is 32.2. The maximum Gasteiger partial charge on any atom is 0.291 e. The lowest BCUT2D eigenvalue weighted by molar-refractivity contribution is -0.751. The maximum atomic E-state index is 10.5. The summed E-state index contributed by atoms with van der Waals surface area (Å²) >= 11 is 0. The first kappa shape index (κ1) is 13.6. The van der Waals surface area contributed by atoms with Crippen molar-refractivity contribution in [1.82, 2.24) is 14.7 Å². The van der Waals surface area contributed by atoms with E-state index >= 15 is 0 Å². The van der Waals surface area contributed by atoms with Gasteiger partial charge in [0.15, 0.2) is 0 Å². The van der Waals surface area contributed by atoms with Crippen molar-refractivity contribution in [3.05, 3.63) is 12.7 Å². The van der Waals surface area contributed by atoms with Gasteiger partial charge in [-0.25, -0.2) is 0 Å². The van der Waals surface area contributed by atoms with Gasteiger partial charge in [0.25, 0.3) is 16.4 Å². The minimum Gasteiger partial charge on any atom is -0.366 e. The van der Waals surface area contributed by atoms with E-state index in [9.17, 15) is 8.42 Å². The maximum absolute atomic E-state index is 10.5. The van der Waals surface area contributed by atoms with Crippen molar-refractivity contribution in [3.8, 4) is 0 Å². The zero-order valence-corrected chi connectivity index (χ0v) is 10.6. The summed E-state index contributed by atoms with van der Waals surface area (Å²) < 4.78 is 32.6. The molecule has 0 unspecified atom stereocenters. The second-order valence-electron chi connectivity index (χ2n) is 3.72. The van der Waals surface area contributed by atoms with Gasteiger partial charge in [-0.2, -0.15) is 8.42 Å². The van der Waals surface area contributed by atoms with Crippen LogP contribution in [0.15, 0.2) is 17.8 Å². The fourth-order valence-electron chi connectivity index (χ4n) is 1.06. The van der Waals surface area contributed by atoms with Crippen LogP contribution in [0.5, 0.6) is 0 Å². The van der Waals surface area contributed by atoms with Crippen molar-refractivity contribution in [1.29, 1.82) is 0 Å². The predicted molar refractivity (Wildman–Crippen MR) is 61.0 cm³/mol. The highest BCUT2D eigenvalue weighted by molar-refractivity contribution is 7.85. The van der Waals surface area contributed by atoms with Crippen LogP contribution in [0, 0.1) is 0 Å². The van der Waals surface area contributed by atoms with Crippen LogP contribution in [0.1, 0.15) is 6.42 Å². The van der Waals surface area contributed by atoms with Crippen LogP contribution < -0.4 is 4.68 Å². The molecule has 1 rings (SSSR count). The van der Waals surface area contributed by atoms with Crippen LogP contribution in [0.4, 0.5) is 0 Å². The molecule has 0 radical (unpaired) electrons. The van der Waals surface area contributed by atoms with Crippen LogP contribution >= 0.6 is 0 Å². The molecule has 0 fully saturated rings. The first-order valence-electron chi connectivity index (χ1n) is 4.96. The summed E-state index contributed by atoms with van der Waals surface area (Å²) in [5.74, 6) is -0.270. The Labute approximate surface area is 99.9 Å². The molecule has 0 spiro atoms. The third kappa shape index (κ3) is 5.97. The van der Waals surface area contributed by atoms with E-state index in [1.165, 1.54) is 11.0 Å². The summed E-state index contributed by atoms with van der Waals surface area (Å²) in [6.07, 6.45) is 5.06. The van der Waals surface area contributed by atoms with Gasteiger partial charge in [-0.15, -0.1) is 4.68 Å². The molecule has 1 aromatic rings. The summed E-state index contributed by atoms with van der Waals surface area (Å²) in [6, 6.07) is 0. The molecule has 1 N–H and O–H groups in total. The zero-order chi connectivity index (χ0) is 12.9. The highest BCUT2D eigenvalue weighted by Crippen LogP contribution is 1.88. The molecule has 0 aliphatic carbocycles. The Morgan fingerprint density at radius 2 is 2.29 bits per heavy atom. The summed E-state index contributed by atoms with van der Waals surface area (Å²) in [5, 5.41) is 8.03. The number of rotatable bonds is 6. The Kier molecular flexibility index (Phi) is 4.58. The molecule has 0 aliphatic rings. The van der Waals surface area contributed by atoms with Gasteiger partial charge >= 0.3 is 0 Å². The van der Waals surface area contributed by atoms with E-state index in [0.29, 0.717) is 13.0 Å². The van der Waals surface area contributed by atoms with E-state index in [1.807, 2.05) is 14.1 Å². The van der Waals surface area contributed by atoms with Gasteiger partial charge < -0.3 is 4.90 Å². The molecule has 9 heteroatoms. The van der Waals surface area contributed by atoms with Gasteiger partial charge in [-0.3, -0.25) is 4.55 Å². The molecule has 0 aromatic carbocycles. The van der Waals surface area contributed by atoms with Crippen molar-refractivity contribution >= 4 is 16.5 Å². The van der Waals surface area contributed by atoms with Crippen LogP contribution in [0.25, 0.3) is 0 Å². The van der Waals surface area contributed by atoms with Gasteiger partial charge in [-0.1, -0.05) is 9.78 Å². The van der Waals surface area contributed by atoms with Crippen LogP contribution in [-0.2, 0) is 16.7 Å². The Bertz CT molecular complexity index is 479. The summed E-state index contributed by atoms with van der Waals surface area (Å²) in [7, 11) is -0.198. The fraction of sp³-hybridized carbons (Fsp3) is 0.625. The lowest BCUT2D eigenvalue weighted by Gasteiger charge is -1.98. The number of aryl methyl sites for hydroxylation is 1. The van der Waals surface area contributed by atoms with E-state index < -0.39 is 10.1 Å². The standard InChI is InChI=1S/C8H15N5O3S/c1-11(2)6-9-13-7-10-12(8-13)4-3-5-17(14,15)16/h6-8H,3-5H2,1-2H3/p+1. The molecule has 0 saturated carbocycles. The Morgan fingerprint density at radius 1 is 1.59 bits per heavy atom. The lowest BCUT2D eigenvalue weighted by Crippen LogP contribution is -2.35. The molecule has 0 amide bonds. The zero-order valence-electron chi connectivity index (χ0n) is 9.76. The molecule has 17 heavy (non-hydrogen) atoms. The minimum atomic E-state index is -3.89. The normalized spacial score (nSPS) is 12.2. The van der Waals surface area contributed by atoms with Gasteiger partial charge in [0.1, 0.15) is 12.9 Å². The third-order valence-electron chi connectivity index (χ3n) is 1.78. The first-order valence-corrected chi connectivity index (χ1v) is 6.57. The van der Waals surface area contributed by atoms with Gasteiger partial charge in [0.2, 0.25) is 6.33 Å². The van der Waals surface area contributed by atoms with Gasteiger partial charge in [0.05, 0.1) is 5.75 Å². The minimum absolute atomic E-state index is 0.270. The van der Waals surface area contributed by atoms with Gasteiger partial charge in [0, 0.05) is 20.5 Å². The SMILES string of the molecule is CN(C)C=Nn1cn[n+](CCCS(=O)(=O)O)c1. The molecular weight excluding hydrogens is 246 g/mol. The van der Waals surface area contributed by atoms with E-state index in [1.54, 1.807) is 22.2 Å². The van der Waals surface area contributed by atoms with E-state index in [2.05, 4.69) is 10.2 Å². The van der Waals surface area contributed by atoms with Crippen molar-refractivity contribution in [2.45, 2.75) is 13.0 Å². The number of hydrogen-bond acceptors (Lipinski definition) is 4. The van der Waals surface area contributed by atoms with Crippen molar-refractivity contribution in [2.24, 2.45) is 5.10 Å². The molecule has 0 bridgehead atoms. The van der Waals surface area contributed by atoms with Crippen molar-refractivity contribution < 1.29 is 17.7 Å². The number of nitrogens with zero attached hydrogens (tertiary/aromatic N) is 5.